The predicted octanol–water partition coefficient (Wildman–Crippen LogP) is 2.82. The molecule has 106 valence electrons. The van der Waals surface area contributed by atoms with E-state index in [4.69, 9.17) is 4.52 Å². The van der Waals surface area contributed by atoms with Gasteiger partial charge in [0, 0.05) is 12.5 Å². The fourth-order valence-corrected chi connectivity index (χ4v) is 3.10. The molecule has 1 aromatic heterocycles. The first-order valence-corrected chi connectivity index (χ1v) is 7.31. The monoisotopic (exact) mass is 271 g/mol. The van der Waals surface area contributed by atoms with Gasteiger partial charge < -0.3 is 9.84 Å². The zero-order valence-electron chi connectivity index (χ0n) is 12.1. The highest BCUT2D eigenvalue weighted by Crippen LogP contribution is 2.33. The van der Waals surface area contributed by atoms with Gasteiger partial charge in [0.1, 0.15) is 0 Å². The van der Waals surface area contributed by atoms with Gasteiger partial charge in [-0.25, -0.2) is 0 Å². The first kappa shape index (κ1) is 13.3. The van der Waals surface area contributed by atoms with Crippen LogP contribution in [-0.2, 0) is 6.42 Å². The molecule has 1 saturated carbocycles. The van der Waals surface area contributed by atoms with E-state index in [1.807, 2.05) is 7.05 Å². The standard InChI is InChI=1S/C16H21N3O/c1-11-5-3-6-12(9-11)10-15-18-16(20-19-15)13-7-4-8-14(13)17-2/h3,5-6,9,13-14,17H,4,7-8,10H2,1-2H3. The number of aryl methyl sites for hydroxylation is 1. The van der Waals surface area contributed by atoms with Crippen molar-refractivity contribution in [2.75, 3.05) is 7.05 Å². The van der Waals surface area contributed by atoms with E-state index in [-0.39, 0.29) is 0 Å². The summed E-state index contributed by atoms with van der Waals surface area (Å²) in [7, 11) is 2.01. The Labute approximate surface area is 119 Å². The molecule has 0 spiro atoms. The number of likely N-dealkylation sites (N-methyl/N-ethyl adjacent to an activating group) is 1. The number of benzene rings is 1. The smallest absolute Gasteiger partial charge is 0.231 e. The van der Waals surface area contributed by atoms with Crippen LogP contribution in [-0.4, -0.2) is 23.2 Å². The molecule has 0 bridgehead atoms. The Bertz CT molecular complexity index is 579. The van der Waals surface area contributed by atoms with Crippen LogP contribution in [0, 0.1) is 6.92 Å². The molecule has 4 heteroatoms. The fraction of sp³-hybridized carbons (Fsp3) is 0.500. The Morgan fingerprint density at radius 3 is 3.05 bits per heavy atom. The van der Waals surface area contributed by atoms with Crippen molar-refractivity contribution in [3.05, 3.63) is 47.1 Å². The average Bonchev–Trinajstić information content (AvgIpc) is 3.06. The van der Waals surface area contributed by atoms with E-state index in [1.165, 1.54) is 24.0 Å². The van der Waals surface area contributed by atoms with E-state index in [1.54, 1.807) is 0 Å². The third-order valence-corrected chi connectivity index (χ3v) is 4.13. The second kappa shape index (κ2) is 5.75. The Kier molecular flexibility index (Phi) is 3.83. The summed E-state index contributed by atoms with van der Waals surface area (Å²) < 4.78 is 5.48. The Hall–Kier alpha value is -1.68. The maximum atomic E-state index is 5.48. The van der Waals surface area contributed by atoms with Gasteiger partial charge in [-0.15, -0.1) is 0 Å². The number of hydrogen-bond acceptors (Lipinski definition) is 4. The first-order valence-electron chi connectivity index (χ1n) is 7.31. The molecule has 2 aromatic rings. The van der Waals surface area contributed by atoms with Crippen LogP contribution >= 0.6 is 0 Å². The molecule has 3 rings (SSSR count). The van der Waals surface area contributed by atoms with Gasteiger partial charge in [0.2, 0.25) is 5.89 Å². The SMILES string of the molecule is CNC1CCCC1c1nc(Cc2cccc(C)c2)no1. The highest BCUT2D eigenvalue weighted by atomic mass is 16.5. The molecule has 20 heavy (non-hydrogen) atoms. The van der Waals surface area contributed by atoms with Crippen LogP contribution in [0.25, 0.3) is 0 Å². The largest absolute Gasteiger partial charge is 0.339 e. The van der Waals surface area contributed by atoms with Crippen molar-refractivity contribution in [1.29, 1.82) is 0 Å². The summed E-state index contributed by atoms with van der Waals surface area (Å²) in [6.45, 7) is 2.10. The first-order chi connectivity index (χ1) is 9.76. The summed E-state index contributed by atoms with van der Waals surface area (Å²) in [4.78, 5) is 4.60. The quantitative estimate of drug-likeness (QED) is 0.929. The van der Waals surface area contributed by atoms with Gasteiger partial charge in [-0.3, -0.25) is 0 Å². The summed E-state index contributed by atoms with van der Waals surface area (Å²) in [6.07, 6.45) is 4.29. The van der Waals surface area contributed by atoms with Gasteiger partial charge in [0.25, 0.3) is 0 Å². The summed E-state index contributed by atoms with van der Waals surface area (Å²) >= 11 is 0. The van der Waals surface area contributed by atoms with Crippen molar-refractivity contribution in [2.45, 2.75) is 44.6 Å². The molecule has 0 aliphatic heterocycles. The molecule has 0 radical (unpaired) electrons. The minimum Gasteiger partial charge on any atom is -0.339 e. The summed E-state index contributed by atoms with van der Waals surface area (Å²) in [6, 6.07) is 8.92. The topological polar surface area (TPSA) is 51.0 Å². The molecule has 2 atom stereocenters. The molecule has 1 aromatic carbocycles. The Morgan fingerprint density at radius 2 is 2.25 bits per heavy atom. The summed E-state index contributed by atoms with van der Waals surface area (Å²) in [5.41, 5.74) is 2.49. The van der Waals surface area contributed by atoms with Crippen LogP contribution in [0.5, 0.6) is 0 Å². The van der Waals surface area contributed by atoms with E-state index in [0.29, 0.717) is 12.0 Å². The van der Waals surface area contributed by atoms with Gasteiger partial charge in [0.05, 0.1) is 5.92 Å². The lowest BCUT2D eigenvalue weighted by molar-refractivity contribution is 0.332. The molecule has 2 unspecified atom stereocenters. The van der Waals surface area contributed by atoms with Crippen LogP contribution < -0.4 is 5.32 Å². The van der Waals surface area contributed by atoms with Crippen molar-refractivity contribution in [2.24, 2.45) is 0 Å². The fourth-order valence-electron chi connectivity index (χ4n) is 3.10. The van der Waals surface area contributed by atoms with Crippen molar-refractivity contribution in [1.82, 2.24) is 15.5 Å². The van der Waals surface area contributed by atoms with Gasteiger partial charge in [-0.2, -0.15) is 4.98 Å². The Morgan fingerprint density at radius 1 is 1.35 bits per heavy atom. The van der Waals surface area contributed by atoms with Crippen molar-refractivity contribution in [3.8, 4) is 0 Å². The van der Waals surface area contributed by atoms with E-state index < -0.39 is 0 Å². The van der Waals surface area contributed by atoms with Crippen LogP contribution in [0.3, 0.4) is 0 Å². The van der Waals surface area contributed by atoms with Gasteiger partial charge in [-0.05, 0) is 32.4 Å². The maximum absolute atomic E-state index is 5.48. The summed E-state index contributed by atoms with van der Waals surface area (Å²) in [5, 5.41) is 7.49. The van der Waals surface area contributed by atoms with E-state index in [9.17, 15) is 0 Å². The molecule has 1 aliphatic rings. The molecule has 1 aliphatic carbocycles. The molecule has 4 nitrogen and oxygen atoms in total. The zero-order chi connectivity index (χ0) is 13.9. The van der Waals surface area contributed by atoms with Crippen molar-refractivity contribution < 1.29 is 4.52 Å². The second-order valence-electron chi connectivity index (χ2n) is 5.65. The average molecular weight is 271 g/mol. The number of rotatable bonds is 4. The van der Waals surface area contributed by atoms with E-state index >= 15 is 0 Å². The van der Waals surface area contributed by atoms with Crippen molar-refractivity contribution >= 4 is 0 Å². The lowest BCUT2D eigenvalue weighted by Gasteiger charge is -2.14. The predicted molar refractivity (Wildman–Crippen MR) is 77.7 cm³/mol. The lowest BCUT2D eigenvalue weighted by atomic mass is 10.0. The minimum absolute atomic E-state index is 0.374. The molecule has 1 fully saturated rings. The highest BCUT2D eigenvalue weighted by molar-refractivity contribution is 5.24. The third kappa shape index (κ3) is 2.75. The van der Waals surface area contributed by atoms with Crippen LogP contribution in [0.15, 0.2) is 28.8 Å². The lowest BCUT2D eigenvalue weighted by Crippen LogP contribution is -2.27. The van der Waals surface area contributed by atoms with Crippen LogP contribution in [0.2, 0.25) is 0 Å². The molecule has 0 amide bonds. The van der Waals surface area contributed by atoms with E-state index in [2.05, 4.69) is 46.6 Å². The van der Waals surface area contributed by atoms with Gasteiger partial charge >= 0.3 is 0 Å². The number of aromatic nitrogens is 2. The normalized spacial score (nSPS) is 22.3. The minimum atomic E-state index is 0.374. The molecule has 1 N–H and O–H groups in total. The number of nitrogens with one attached hydrogen (secondary N) is 1. The Balaban J connectivity index is 1.73. The molecular formula is C16H21N3O. The molecular weight excluding hydrogens is 250 g/mol. The number of hydrogen-bond donors (Lipinski definition) is 1. The molecule has 0 saturated heterocycles. The molecule has 1 heterocycles. The zero-order valence-corrected chi connectivity index (χ0v) is 12.1. The van der Waals surface area contributed by atoms with Gasteiger partial charge in [-0.1, -0.05) is 41.4 Å². The van der Waals surface area contributed by atoms with Gasteiger partial charge in [0.15, 0.2) is 5.82 Å². The van der Waals surface area contributed by atoms with E-state index in [0.717, 1.165) is 24.6 Å². The maximum Gasteiger partial charge on any atom is 0.231 e. The van der Waals surface area contributed by atoms with Crippen LogP contribution in [0.1, 0.15) is 48.0 Å². The van der Waals surface area contributed by atoms with Crippen molar-refractivity contribution in [3.63, 3.8) is 0 Å². The van der Waals surface area contributed by atoms with Crippen LogP contribution in [0.4, 0.5) is 0 Å². The second-order valence-corrected chi connectivity index (χ2v) is 5.65. The number of nitrogens with zero attached hydrogens (tertiary/aromatic N) is 2. The third-order valence-electron chi connectivity index (χ3n) is 4.13. The highest BCUT2D eigenvalue weighted by Gasteiger charge is 2.31. The summed E-state index contributed by atoms with van der Waals surface area (Å²) in [5.74, 6) is 1.95.